The summed E-state index contributed by atoms with van der Waals surface area (Å²) in [5.74, 6) is 5.24. The molecular weight excluding hydrogens is 332 g/mol. The maximum Gasteiger partial charge on any atom is 0.304 e. The van der Waals surface area contributed by atoms with Crippen molar-refractivity contribution in [3.05, 3.63) is 0 Å². The quantitative estimate of drug-likeness (QED) is 0.332. The van der Waals surface area contributed by atoms with E-state index in [1.54, 1.807) is 0 Å². The molecule has 0 aromatic heterocycles. The highest BCUT2D eigenvalue weighted by Crippen LogP contribution is 2.47. The maximum atomic E-state index is 11.6. The minimum atomic E-state index is -1.33. The first-order valence-corrected chi connectivity index (χ1v) is 12.7. The predicted octanol–water partition coefficient (Wildman–Crippen LogP) is 3.52. The molecule has 1 heterocycles. The molecule has 138 valence electrons. The van der Waals surface area contributed by atoms with Crippen LogP contribution in [0.3, 0.4) is 0 Å². The predicted molar refractivity (Wildman–Crippen MR) is 100 cm³/mol. The van der Waals surface area contributed by atoms with Crippen molar-refractivity contribution in [2.75, 3.05) is 13.2 Å². The van der Waals surface area contributed by atoms with Gasteiger partial charge in [-0.2, -0.15) is 0 Å². The first-order valence-electron chi connectivity index (χ1n) is 9.16. The molecule has 2 fully saturated rings. The Hall–Kier alpha value is -1.27. The third kappa shape index (κ3) is 5.35. The fourth-order valence-corrected chi connectivity index (χ4v) is 4.35. The minimum Gasteiger partial charge on any atom is -0.446 e. The summed E-state index contributed by atoms with van der Waals surface area (Å²) >= 11 is 0. The van der Waals surface area contributed by atoms with Crippen LogP contribution < -0.4 is 0 Å². The number of unbranched alkanes of at least 4 members (excludes halogenated alkanes) is 1. The number of terminal acetylenes is 1. The first-order chi connectivity index (χ1) is 11.7. The van der Waals surface area contributed by atoms with E-state index in [0.29, 0.717) is 32.5 Å². The van der Waals surface area contributed by atoms with E-state index in [9.17, 15) is 4.79 Å². The van der Waals surface area contributed by atoms with Crippen molar-refractivity contribution in [1.82, 2.24) is 0 Å². The van der Waals surface area contributed by atoms with Crippen LogP contribution in [0.5, 0.6) is 0 Å². The zero-order valence-electron chi connectivity index (χ0n) is 15.9. The van der Waals surface area contributed by atoms with Gasteiger partial charge >= 0.3 is 5.97 Å². The Labute approximate surface area is 153 Å². The average Bonchev–Trinajstić information content (AvgIpc) is 2.96. The lowest BCUT2D eigenvalue weighted by atomic mass is 9.70. The van der Waals surface area contributed by atoms with Crippen LogP contribution in [0, 0.1) is 29.7 Å². The number of ether oxygens (including phenoxy) is 3. The molecule has 2 atom stereocenters. The molecule has 0 amide bonds. The van der Waals surface area contributed by atoms with E-state index >= 15 is 0 Å². The Bertz CT molecular complexity index is 584. The summed E-state index contributed by atoms with van der Waals surface area (Å²) in [6, 6.07) is 0. The van der Waals surface area contributed by atoms with Gasteiger partial charge in [-0.3, -0.25) is 4.79 Å². The molecule has 2 aliphatic rings. The molecule has 1 aliphatic carbocycles. The third-order valence-corrected chi connectivity index (χ3v) is 5.72. The van der Waals surface area contributed by atoms with Crippen LogP contribution in [0.1, 0.15) is 45.4 Å². The van der Waals surface area contributed by atoms with Gasteiger partial charge in [-0.1, -0.05) is 25.6 Å². The molecule has 0 aromatic carbocycles. The van der Waals surface area contributed by atoms with Gasteiger partial charge in [0.25, 0.3) is 0 Å². The van der Waals surface area contributed by atoms with Gasteiger partial charge in [-0.15, -0.1) is 17.9 Å². The fourth-order valence-electron chi connectivity index (χ4n) is 3.69. The highest BCUT2D eigenvalue weighted by molar-refractivity contribution is 6.83. The molecule has 2 unspecified atom stereocenters. The van der Waals surface area contributed by atoms with Crippen molar-refractivity contribution >= 4 is 14.0 Å². The number of hydrogen-bond acceptors (Lipinski definition) is 4. The van der Waals surface area contributed by atoms with Crippen LogP contribution in [0.2, 0.25) is 19.6 Å². The number of carbonyl (C=O) groups excluding carboxylic acids is 1. The van der Waals surface area contributed by atoms with Crippen molar-refractivity contribution in [1.29, 1.82) is 0 Å². The van der Waals surface area contributed by atoms with E-state index in [4.69, 9.17) is 20.6 Å². The molecule has 5 heteroatoms. The van der Waals surface area contributed by atoms with E-state index in [1.165, 1.54) is 6.92 Å². The molecular formula is C20H30O4Si. The second-order valence-corrected chi connectivity index (χ2v) is 12.8. The Balaban J connectivity index is 2.07. The minimum absolute atomic E-state index is 0.0296. The summed E-state index contributed by atoms with van der Waals surface area (Å²) in [5.41, 5.74) is 2.54. The molecule has 1 spiro atoms. The van der Waals surface area contributed by atoms with Crippen LogP contribution in [0.25, 0.3) is 0 Å². The van der Waals surface area contributed by atoms with E-state index < -0.39 is 19.5 Å². The largest absolute Gasteiger partial charge is 0.446 e. The van der Waals surface area contributed by atoms with Crippen molar-refractivity contribution in [3.8, 4) is 23.8 Å². The molecule has 0 aromatic rings. The van der Waals surface area contributed by atoms with Crippen LogP contribution >= 0.6 is 0 Å². The Morgan fingerprint density at radius 2 is 1.96 bits per heavy atom. The van der Waals surface area contributed by atoms with Crippen LogP contribution in [0.4, 0.5) is 0 Å². The molecule has 0 N–H and O–H groups in total. The summed E-state index contributed by atoms with van der Waals surface area (Å²) in [5, 5.41) is 0. The van der Waals surface area contributed by atoms with E-state index in [1.807, 2.05) is 0 Å². The summed E-state index contributed by atoms with van der Waals surface area (Å²) in [6.07, 6.45) is 10.4. The monoisotopic (exact) mass is 362 g/mol. The molecule has 1 saturated heterocycles. The van der Waals surface area contributed by atoms with Gasteiger partial charge < -0.3 is 14.2 Å². The highest BCUT2D eigenvalue weighted by Gasteiger charge is 2.53. The Kier molecular flexibility index (Phi) is 6.38. The van der Waals surface area contributed by atoms with Crippen LogP contribution in [0.15, 0.2) is 0 Å². The lowest BCUT2D eigenvalue weighted by Crippen LogP contribution is -2.51. The van der Waals surface area contributed by atoms with E-state index in [-0.39, 0.29) is 11.9 Å². The normalized spacial score (nSPS) is 28.0. The molecule has 2 rings (SSSR count). The van der Waals surface area contributed by atoms with Crippen molar-refractivity contribution in [2.24, 2.45) is 5.92 Å². The maximum absolute atomic E-state index is 11.6. The summed E-state index contributed by atoms with van der Waals surface area (Å²) in [6.45, 7) is 9.37. The fraction of sp³-hybridized carbons (Fsp3) is 0.750. The summed E-state index contributed by atoms with van der Waals surface area (Å²) in [7, 11) is -1.33. The van der Waals surface area contributed by atoms with Crippen LogP contribution in [-0.2, 0) is 19.0 Å². The van der Waals surface area contributed by atoms with Crippen molar-refractivity contribution in [2.45, 2.75) is 76.5 Å². The Morgan fingerprint density at radius 1 is 1.28 bits per heavy atom. The smallest absolute Gasteiger partial charge is 0.304 e. The summed E-state index contributed by atoms with van der Waals surface area (Å²) in [4.78, 5) is 11.6. The third-order valence-electron chi connectivity index (χ3n) is 4.80. The van der Waals surface area contributed by atoms with Crippen LogP contribution in [-0.4, -0.2) is 38.6 Å². The topological polar surface area (TPSA) is 44.8 Å². The summed E-state index contributed by atoms with van der Waals surface area (Å²) < 4.78 is 17.4. The van der Waals surface area contributed by atoms with Gasteiger partial charge in [-0.25, -0.2) is 0 Å². The second kappa shape index (κ2) is 7.95. The molecule has 1 saturated carbocycles. The average molecular weight is 363 g/mol. The van der Waals surface area contributed by atoms with Crippen molar-refractivity contribution < 1.29 is 19.0 Å². The van der Waals surface area contributed by atoms with Gasteiger partial charge in [0.2, 0.25) is 0 Å². The van der Waals surface area contributed by atoms with Crippen molar-refractivity contribution in [3.63, 3.8) is 0 Å². The van der Waals surface area contributed by atoms with Gasteiger partial charge in [0.05, 0.1) is 13.2 Å². The first kappa shape index (κ1) is 20.0. The number of carbonyl (C=O) groups is 1. The van der Waals surface area contributed by atoms with Gasteiger partial charge in [-0.05, 0) is 12.8 Å². The second-order valence-electron chi connectivity index (χ2n) is 8.08. The van der Waals surface area contributed by atoms with E-state index in [2.05, 4.69) is 37.0 Å². The van der Waals surface area contributed by atoms with Gasteiger partial charge in [0, 0.05) is 38.5 Å². The standard InChI is InChI=1S/C20H30O4Si/c1-6-19(24-17(2)21)11-12-20(22-13-14-23-20)16-18(19)10-8-7-9-15-25(3,4)5/h1,18H,7-8,10-14,16H2,2-5H3. The van der Waals surface area contributed by atoms with Gasteiger partial charge in [0.15, 0.2) is 11.4 Å². The lowest BCUT2D eigenvalue weighted by Gasteiger charge is -2.45. The molecule has 25 heavy (non-hydrogen) atoms. The van der Waals surface area contributed by atoms with E-state index in [0.717, 1.165) is 19.3 Å². The Morgan fingerprint density at radius 3 is 2.52 bits per heavy atom. The number of esters is 1. The van der Waals surface area contributed by atoms with Gasteiger partial charge in [0.1, 0.15) is 8.07 Å². The number of rotatable bonds is 4. The lowest BCUT2D eigenvalue weighted by molar-refractivity contribution is -0.220. The zero-order valence-corrected chi connectivity index (χ0v) is 16.9. The molecule has 0 radical (unpaired) electrons. The highest BCUT2D eigenvalue weighted by atomic mass is 28.3. The molecule has 1 aliphatic heterocycles. The SMILES string of the molecule is C#CC1(OC(C)=O)CCC2(CC1CCCC#C[Si](C)(C)C)OCCO2. The number of hydrogen-bond donors (Lipinski definition) is 0. The zero-order chi connectivity index (χ0) is 18.6. The molecule has 0 bridgehead atoms. The molecule has 4 nitrogen and oxygen atoms in total.